The molecule has 0 aromatic heterocycles. The zero-order chi connectivity index (χ0) is 12.9. The molecule has 0 unspecified atom stereocenters. The van der Waals surface area contributed by atoms with Crippen molar-refractivity contribution in [1.29, 1.82) is 0 Å². The van der Waals surface area contributed by atoms with Crippen LogP contribution in [-0.4, -0.2) is 19.2 Å². The Balaban J connectivity index is 2.56. The normalized spacial score (nSPS) is 12.6. The summed E-state index contributed by atoms with van der Waals surface area (Å²) in [6, 6.07) is 9.99. The molecule has 3 nitrogen and oxygen atoms in total. The largest absolute Gasteiger partial charge is 0.226 e. The molecule has 0 heterocycles. The van der Waals surface area contributed by atoms with E-state index in [0.717, 1.165) is 12.8 Å². The molecule has 1 aromatic carbocycles. The second kappa shape index (κ2) is 5.85. The fourth-order valence-electron chi connectivity index (χ4n) is 1.60. The minimum Gasteiger partial charge on any atom is -0.211 e. The first-order chi connectivity index (χ1) is 7.85. The number of rotatable bonds is 6. The van der Waals surface area contributed by atoms with E-state index in [4.69, 9.17) is 11.6 Å². The summed E-state index contributed by atoms with van der Waals surface area (Å²) in [6.07, 6.45) is 1.56. The van der Waals surface area contributed by atoms with Gasteiger partial charge in [0.25, 0.3) is 0 Å². The molecule has 5 heteroatoms. The molecule has 1 aromatic rings. The molecule has 0 saturated heterocycles. The minimum absolute atomic E-state index is 0.401. The van der Waals surface area contributed by atoms with Gasteiger partial charge in [-0.2, -0.15) is 0 Å². The predicted molar refractivity (Wildman–Crippen MR) is 71.6 cm³/mol. The van der Waals surface area contributed by atoms with Crippen molar-refractivity contribution >= 4 is 21.6 Å². The number of benzene rings is 1. The lowest BCUT2D eigenvalue weighted by atomic mass is 9.97. The molecule has 0 saturated carbocycles. The molecule has 0 aliphatic carbocycles. The molecule has 96 valence electrons. The summed E-state index contributed by atoms with van der Waals surface area (Å²) in [5.74, 6) is 0. The number of halogens is 1. The van der Waals surface area contributed by atoms with Crippen molar-refractivity contribution in [1.82, 2.24) is 4.72 Å². The highest BCUT2D eigenvalue weighted by atomic mass is 35.5. The van der Waals surface area contributed by atoms with Crippen molar-refractivity contribution in [2.45, 2.75) is 32.2 Å². The van der Waals surface area contributed by atoms with Gasteiger partial charge in [0.1, 0.15) is 5.21 Å². The van der Waals surface area contributed by atoms with Gasteiger partial charge in [-0.05, 0) is 32.3 Å². The van der Waals surface area contributed by atoms with Crippen molar-refractivity contribution in [3.8, 4) is 0 Å². The van der Waals surface area contributed by atoms with Crippen molar-refractivity contribution in [3.05, 3.63) is 35.9 Å². The molecule has 0 bridgehead atoms. The van der Waals surface area contributed by atoms with Crippen LogP contribution in [0.15, 0.2) is 30.3 Å². The Morgan fingerprint density at radius 2 is 1.82 bits per heavy atom. The van der Waals surface area contributed by atoms with Crippen LogP contribution >= 0.6 is 11.6 Å². The second-order valence-electron chi connectivity index (χ2n) is 4.70. The van der Waals surface area contributed by atoms with E-state index in [9.17, 15) is 8.42 Å². The van der Waals surface area contributed by atoms with Gasteiger partial charge < -0.3 is 0 Å². The van der Waals surface area contributed by atoms with Crippen LogP contribution in [-0.2, 0) is 16.4 Å². The van der Waals surface area contributed by atoms with E-state index in [-0.39, 0.29) is 0 Å². The highest BCUT2D eigenvalue weighted by Crippen LogP contribution is 2.15. The summed E-state index contributed by atoms with van der Waals surface area (Å²) in [4.78, 5) is 0. The Labute approximate surface area is 108 Å². The first-order valence-electron chi connectivity index (χ1n) is 5.46. The Kier molecular flexibility index (Phi) is 4.98. The standard InChI is InChI=1S/C12H18ClNO2S/c1-12(2,14-17(15,16)10-13)9-8-11-6-4-3-5-7-11/h3-7,14H,8-10H2,1-2H3. The van der Waals surface area contributed by atoms with Crippen molar-refractivity contribution in [2.75, 3.05) is 5.21 Å². The van der Waals surface area contributed by atoms with Gasteiger partial charge in [-0.3, -0.25) is 0 Å². The fraction of sp³-hybridized carbons (Fsp3) is 0.500. The van der Waals surface area contributed by atoms with Crippen LogP contribution in [0.1, 0.15) is 25.8 Å². The van der Waals surface area contributed by atoms with E-state index in [1.165, 1.54) is 5.56 Å². The van der Waals surface area contributed by atoms with Crippen molar-refractivity contribution in [3.63, 3.8) is 0 Å². The van der Waals surface area contributed by atoms with Gasteiger partial charge in [0.05, 0.1) is 0 Å². The monoisotopic (exact) mass is 275 g/mol. The van der Waals surface area contributed by atoms with Crippen LogP contribution < -0.4 is 4.72 Å². The van der Waals surface area contributed by atoms with E-state index in [2.05, 4.69) is 4.72 Å². The Morgan fingerprint density at radius 3 is 2.35 bits per heavy atom. The van der Waals surface area contributed by atoms with E-state index >= 15 is 0 Å². The molecule has 17 heavy (non-hydrogen) atoms. The molecule has 1 N–H and O–H groups in total. The summed E-state index contributed by atoms with van der Waals surface area (Å²) in [5, 5.41) is -0.401. The van der Waals surface area contributed by atoms with E-state index in [1.807, 2.05) is 44.2 Å². The maximum Gasteiger partial charge on any atom is 0.226 e. The average Bonchev–Trinajstić information content (AvgIpc) is 2.27. The molecule has 0 atom stereocenters. The van der Waals surface area contributed by atoms with Crippen LogP contribution in [0.4, 0.5) is 0 Å². The molecule has 1 rings (SSSR count). The topological polar surface area (TPSA) is 46.2 Å². The van der Waals surface area contributed by atoms with Gasteiger partial charge in [-0.15, -0.1) is 11.6 Å². The van der Waals surface area contributed by atoms with Crippen molar-refractivity contribution < 1.29 is 8.42 Å². The third-order valence-electron chi connectivity index (χ3n) is 2.46. The molecule has 0 aliphatic heterocycles. The van der Waals surface area contributed by atoms with Gasteiger partial charge in [-0.25, -0.2) is 13.1 Å². The quantitative estimate of drug-likeness (QED) is 0.811. The first kappa shape index (κ1) is 14.5. The summed E-state index contributed by atoms with van der Waals surface area (Å²) in [6.45, 7) is 3.72. The maximum absolute atomic E-state index is 11.4. The van der Waals surface area contributed by atoms with E-state index < -0.39 is 20.8 Å². The van der Waals surface area contributed by atoms with E-state index in [1.54, 1.807) is 0 Å². The zero-order valence-electron chi connectivity index (χ0n) is 10.1. The molecule has 0 aliphatic rings. The SMILES string of the molecule is CC(C)(CCc1ccccc1)NS(=O)(=O)CCl. The van der Waals surface area contributed by atoms with Gasteiger partial charge in [0, 0.05) is 5.54 Å². The highest BCUT2D eigenvalue weighted by molar-refractivity contribution is 7.90. The summed E-state index contributed by atoms with van der Waals surface area (Å²) >= 11 is 5.37. The number of sulfonamides is 1. The lowest BCUT2D eigenvalue weighted by Gasteiger charge is -2.25. The Hall–Kier alpha value is -0.580. The average molecular weight is 276 g/mol. The maximum atomic E-state index is 11.4. The van der Waals surface area contributed by atoms with Gasteiger partial charge in [0.15, 0.2) is 0 Å². The number of hydrogen-bond acceptors (Lipinski definition) is 2. The third kappa shape index (κ3) is 5.52. The van der Waals surface area contributed by atoms with E-state index in [0.29, 0.717) is 0 Å². The smallest absolute Gasteiger partial charge is 0.211 e. The Bertz CT molecular complexity index is 443. The number of hydrogen-bond donors (Lipinski definition) is 1. The Morgan fingerprint density at radius 1 is 1.24 bits per heavy atom. The minimum atomic E-state index is -3.37. The highest BCUT2D eigenvalue weighted by Gasteiger charge is 2.23. The summed E-state index contributed by atoms with van der Waals surface area (Å²) in [7, 11) is -3.37. The molecule has 0 amide bonds. The predicted octanol–water partition coefficient (Wildman–Crippen LogP) is 2.51. The third-order valence-corrected chi connectivity index (χ3v) is 4.47. The van der Waals surface area contributed by atoms with Gasteiger partial charge >= 0.3 is 0 Å². The fourth-order valence-corrected chi connectivity index (χ4v) is 2.76. The number of aryl methyl sites for hydroxylation is 1. The molecule has 0 spiro atoms. The molecular weight excluding hydrogens is 258 g/mol. The van der Waals surface area contributed by atoms with Crippen LogP contribution in [0.2, 0.25) is 0 Å². The number of alkyl halides is 1. The lowest BCUT2D eigenvalue weighted by Crippen LogP contribution is -2.44. The zero-order valence-corrected chi connectivity index (χ0v) is 11.7. The molecular formula is C12H18ClNO2S. The van der Waals surface area contributed by atoms with Gasteiger partial charge in [0.2, 0.25) is 10.0 Å². The number of nitrogens with one attached hydrogen (secondary N) is 1. The molecule has 0 radical (unpaired) electrons. The lowest BCUT2D eigenvalue weighted by molar-refractivity contribution is 0.423. The molecule has 0 fully saturated rings. The van der Waals surface area contributed by atoms with Crippen LogP contribution in [0.25, 0.3) is 0 Å². The first-order valence-corrected chi connectivity index (χ1v) is 7.65. The van der Waals surface area contributed by atoms with Crippen LogP contribution in [0.3, 0.4) is 0 Å². The summed E-state index contributed by atoms with van der Waals surface area (Å²) in [5.41, 5.74) is 0.717. The van der Waals surface area contributed by atoms with Crippen LogP contribution in [0, 0.1) is 0 Å². The summed E-state index contributed by atoms with van der Waals surface area (Å²) < 4.78 is 25.4. The van der Waals surface area contributed by atoms with Gasteiger partial charge in [-0.1, -0.05) is 30.3 Å². The van der Waals surface area contributed by atoms with Crippen molar-refractivity contribution in [2.24, 2.45) is 0 Å². The van der Waals surface area contributed by atoms with Crippen LogP contribution in [0.5, 0.6) is 0 Å². The second-order valence-corrected chi connectivity index (χ2v) is 7.00.